The number of hydrogen-bond donors (Lipinski definition) is 1. The van der Waals surface area contributed by atoms with Gasteiger partial charge in [-0.25, -0.2) is 0 Å². The minimum Gasteiger partial charge on any atom is -0.378 e. The van der Waals surface area contributed by atoms with Crippen molar-refractivity contribution in [3.63, 3.8) is 0 Å². The first-order chi connectivity index (χ1) is 12.2. The van der Waals surface area contributed by atoms with Crippen LogP contribution in [0.1, 0.15) is 49.5 Å². The molecule has 2 aliphatic rings. The minimum atomic E-state index is -0.368. The number of ether oxygens (including phenoxy) is 1. The number of carbonyl (C=O) groups excluding carboxylic acids is 2. The van der Waals surface area contributed by atoms with Gasteiger partial charge in [0, 0.05) is 25.9 Å². The largest absolute Gasteiger partial charge is 0.378 e. The highest BCUT2D eigenvalue weighted by atomic mass is 16.5. The Morgan fingerprint density at radius 1 is 1.36 bits per heavy atom. The van der Waals surface area contributed by atoms with Gasteiger partial charge in [-0.05, 0) is 57.1 Å². The second kappa shape index (κ2) is 8.43. The molecule has 0 unspecified atom stereocenters. The molecule has 0 spiro atoms. The van der Waals surface area contributed by atoms with E-state index in [4.69, 9.17) is 4.74 Å². The first-order valence-corrected chi connectivity index (χ1v) is 9.30. The molecule has 1 aromatic heterocycles. The predicted molar refractivity (Wildman–Crippen MR) is 94.1 cm³/mol. The van der Waals surface area contributed by atoms with Crippen LogP contribution >= 0.6 is 0 Å². The average molecular weight is 345 g/mol. The number of hydrogen-bond acceptors (Lipinski definition) is 4. The van der Waals surface area contributed by atoms with Crippen LogP contribution in [0.15, 0.2) is 24.4 Å². The van der Waals surface area contributed by atoms with E-state index < -0.39 is 0 Å². The van der Waals surface area contributed by atoms with Gasteiger partial charge in [-0.15, -0.1) is 0 Å². The molecule has 25 heavy (non-hydrogen) atoms. The molecule has 1 aliphatic carbocycles. The molecular formula is C19H27N3O3. The van der Waals surface area contributed by atoms with Crippen molar-refractivity contribution >= 4 is 11.8 Å². The highest BCUT2D eigenvalue weighted by molar-refractivity contribution is 5.96. The van der Waals surface area contributed by atoms with Crippen LogP contribution in [0, 0.1) is 5.92 Å². The van der Waals surface area contributed by atoms with E-state index in [0.29, 0.717) is 30.8 Å². The lowest BCUT2D eigenvalue weighted by Crippen LogP contribution is -2.46. The van der Waals surface area contributed by atoms with Crippen LogP contribution in [0.5, 0.6) is 0 Å². The monoisotopic (exact) mass is 345 g/mol. The lowest BCUT2D eigenvalue weighted by atomic mass is 9.80. The van der Waals surface area contributed by atoms with Gasteiger partial charge in [0.2, 0.25) is 5.91 Å². The van der Waals surface area contributed by atoms with E-state index in [0.717, 1.165) is 38.7 Å². The zero-order valence-electron chi connectivity index (χ0n) is 14.8. The van der Waals surface area contributed by atoms with Gasteiger partial charge in [-0.3, -0.25) is 14.6 Å². The number of nitrogens with one attached hydrogen (secondary N) is 1. The minimum absolute atomic E-state index is 0.0394. The van der Waals surface area contributed by atoms with E-state index in [9.17, 15) is 9.59 Å². The first kappa shape index (κ1) is 17.9. The van der Waals surface area contributed by atoms with Crippen LogP contribution in [0.3, 0.4) is 0 Å². The smallest absolute Gasteiger partial charge is 0.273 e. The molecule has 6 nitrogen and oxygen atoms in total. The molecule has 3 rings (SSSR count). The summed E-state index contributed by atoms with van der Waals surface area (Å²) in [6, 6.07) is 4.90. The van der Waals surface area contributed by atoms with Crippen molar-refractivity contribution in [2.24, 2.45) is 5.92 Å². The normalized spacial score (nSPS) is 25.5. The van der Waals surface area contributed by atoms with Gasteiger partial charge in [0.05, 0.1) is 6.10 Å². The highest BCUT2D eigenvalue weighted by Gasteiger charge is 2.35. The van der Waals surface area contributed by atoms with Gasteiger partial charge in [-0.1, -0.05) is 6.07 Å². The maximum atomic E-state index is 12.6. The maximum Gasteiger partial charge on any atom is 0.273 e. The van der Waals surface area contributed by atoms with E-state index in [1.807, 2.05) is 6.92 Å². The van der Waals surface area contributed by atoms with Gasteiger partial charge >= 0.3 is 0 Å². The molecule has 1 aromatic rings. The van der Waals surface area contributed by atoms with Crippen molar-refractivity contribution in [2.45, 2.75) is 51.2 Å². The molecular weight excluding hydrogens is 318 g/mol. The molecule has 2 heterocycles. The summed E-state index contributed by atoms with van der Waals surface area (Å²) in [5, 5.41) is 3.01. The van der Waals surface area contributed by atoms with E-state index in [1.165, 1.54) is 0 Å². The van der Waals surface area contributed by atoms with Gasteiger partial charge in [-0.2, -0.15) is 0 Å². The molecule has 1 saturated carbocycles. The van der Waals surface area contributed by atoms with Crippen molar-refractivity contribution in [1.29, 1.82) is 0 Å². The third-order valence-electron chi connectivity index (χ3n) is 5.15. The van der Waals surface area contributed by atoms with Crippen LogP contribution in [0.2, 0.25) is 0 Å². The van der Waals surface area contributed by atoms with Gasteiger partial charge < -0.3 is 15.0 Å². The summed E-state index contributed by atoms with van der Waals surface area (Å²) in [5.74, 6) is 0.450. The van der Waals surface area contributed by atoms with Crippen LogP contribution < -0.4 is 5.32 Å². The third kappa shape index (κ3) is 4.37. The molecule has 2 amide bonds. The Morgan fingerprint density at radius 2 is 2.20 bits per heavy atom. The van der Waals surface area contributed by atoms with E-state index in [-0.39, 0.29) is 17.9 Å². The fraction of sp³-hybridized carbons (Fsp3) is 0.632. The Kier molecular flexibility index (Phi) is 6.02. The fourth-order valence-electron chi connectivity index (χ4n) is 3.72. The zero-order valence-corrected chi connectivity index (χ0v) is 14.8. The summed E-state index contributed by atoms with van der Waals surface area (Å²) in [5.41, 5.74) is 0.402. The number of amides is 2. The van der Waals surface area contributed by atoms with E-state index in [1.54, 1.807) is 29.3 Å². The summed E-state index contributed by atoms with van der Waals surface area (Å²) < 4.78 is 5.56. The number of aromatic nitrogens is 1. The van der Waals surface area contributed by atoms with Gasteiger partial charge in [0.15, 0.2) is 0 Å². The lowest BCUT2D eigenvalue weighted by Gasteiger charge is -2.35. The second-order valence-electron chi connectivity index (χ2n) is 6.87. The number of nitrogens with zero attached hydrogens (tertiary/aromatic N) is 2. The first-order valence-electron chi connectivity index (χ1n) is 9.30. The summed E-state index contributed by atoms with van der Waals surface area (Å²) in [6.07, 6.45) is 6.76. The molecule has 1 saturated heterocycles. The molecule has 0 aromatic carbocycles. The Balaban J connectivity index is 1.44. The fourth-order valence-corrected chi connectivity index (χ4v) is 3.72. The molecule has 0 radical (unpaired) electrons. The zero-order chi connectivity index (χ0) is 17.6. The Hall–Kier alpha value is -1.95. The van der Waals surface area contributed by atoms with Gasteiger partial charge in [0.1, 0.15) is 11.7 Å². The van der Waals surface area contributed by atoms with Crippen LogP contribution in [-0.4, -0.2) is 53.5 Å². The van der Waals surface area contributed by atoms with Gasteiger partial charge in [0.25, 0.3) is 5.91 Å². The lowest BCUT2D eigenvalue weighted by molar-refractivity contribution is -0.124. The molecule has 0 bridgehead atoms. The SMILES string of the molecule is CCOC1CC(CCNC(=O)[C@@H]2CCCN2C(=O)c2ccccn2)C1. The van der Waals surface area contributed by atoms with Crippen molar-refractivity contribution < 1.29 is 14.3 Å². The molecule has 6 heteroatoms. The van der Waals surface area contributed by atoms with Crippen LogP contribution in [0.4, 0.5) is 0 Å². The number of carbonyl (C=O) groups is 2. The third-order valence-corrected chi connectivity index (χ3v) is 5.15. The number of pyridine rings is 1. The van der Waals surface area contributed by atoms with Crippen molar-refractivity contribution in [2.75, 3.05) is 19.7 Å². The molecule has 1 atom stereocenters. The molecule has 1 aliphatic heterocycles. The molecule has 136 valence electrons. The topological polar surface area (TPSA) is 71.5 Å². The van der Waals surface area contributed by atoms with Crippen molar-refractivity contribution in [1.82, 2.24) is 15.2 Å². The summed E-state index contributed by atoms with van der Waals surface area (Å²) in [4.78, 5) is 30.8. The van der Waals surface area contributed by atoms with E-state index >= 15 is 0 Å². The Morgan fingerprint density at radius 3 is 2.92 bits per heavy atom. The van der Waals surface area contributed by atoms with E-state index in [2.05, 4.69) is 10.3 Å². The van der Waals surface area contributed by atoms with Crippen LogP contribution in [-0.2, 0) is 9.53 Å². The molecule has 1 N–H and O–H groups in total. The van der Waals surface area contributed by atoms with Crippen molar-refractivity contribution in [3.05, 3.63) is 30.1 Å². The number of likely N-dealkylation sites (tertiary alicyclic amines) is 1. The highest BCUT2D eigenvalue weighted by Crippen LogP contribution is 2.32. The summed E-state index contributed by atoms with van der Waals surface area (Å²) in [6.45, 7) is 4.08. The Labute approximate surface area is 148 Å². The quantitative estimate of drug-likeness (QED) is 0.820. The van der Waals surface area contributed by atoms with Crippen molar-refractivity contribution in [3.8, 4) is 0 Å². The Bertz CT molecular complexity index is 587. The standard InChI is InChI=1S/C19H27N3O3/c1-2-25-15-12-14(13-15)8-10-21-18(23)17-7-5-11-22(17)19(24)16-6-3-4-9-20-16/h3-4,6,9,14-15,17H,2,5,7-8,10-13H2,1H3,(H,21,23)/t14?,15?,17-/m0/s1. The number of rotatable bonds is 7. The molecule has 2 fully saturated rings. The maximum absolute atomic E-state index is 12.6. The predicted octanol–water partition coefficient (Wildman–Crippen LogP) is 2.01. The summed E-state index contributed by atoms with van der Waals surface area (Å²) >= 11 is 0. The summed E-state index contributed by atoms with van der Waals surface area (Å²) in [7, 11) is 0. The average Bonchev–Trinajstić information content (AvgIpc) is 3.09. The second-order valence-corrected chi connectivity index (χ2v) is 6.87. The van der Waals surface area contributed by atoms with Crippen LogP contribution in [0.25, 0.3) is 0 Å².